The highest BCUT2D eigenvalue weighted by Gasteiger charge is 2.29. The zero-order valence-electron chi connectivity index (χ0n) is 19.2. The smallest absolute Gasteiger partial charge is 0.243 e. The van der Waals surface area contributed by atoms with Crippen molar-refractivity contribution < 1.29 is 14.3 Å². The van der Waals surface area contributed by atoms with Crippen LogP contribution >= 0.6 is 34.8 Å². The molecule has 0 saturated carbocycles. The van der Waals surface area contributed by atoms with Crippen LogP contribution in [0, 0.1) is 0 Å². The summed E-state index contributed by atoms with van der Waals surface area (Å²) >= 11 is 18.3. The molecule has 2 rings (SSSR count). The second kappa shape index (κ2) is 13.7. The van der Waals surface area contributed by atoms with E-state index in [1.807, 2.05) is 20.8 Å². The molecule has 0 fully saturated rings. The van der Waals surface area contributed by atoms with Crippen LogP contribution in [0.3, 0.4) is 0 Å². The van der Waals surface area contributed by atoms with E-state index in [-0.39, 0.29) is 30.8 Å². The Morgan fingerprint density at radius 3 is 2.27 bits per heavy atom. The lowest BCUT2D eigenvalue weighted by atomic mass is 10.1. The molecule has 2 amide bonds. The summed E-state index contributed by atoms with van der Waals surface area (Å²) in [6.45, 7) is 6.44. The van der Waals surface area contributed by atoms with E-state index < -0.39 is 6.04 Å². The van der Waals surface area contributed by atoms with Crippen molar-refractivity contribution in [2.45, 2.75) is 65.1 Å². The van der Waals surface area contributed by atoms with Crippen LogP contribution in [0.25, 0.3) is 0 Å². The minimum Gasteiger partial charge on any atom is -0.494 e. The van der Waals surface area contributed by atoms with Crippen LogP contribution < -0.4 is 10.1 Å². The molecule has 1 N–H and O–H groups in total. The van der Waals surface area contributed by atoms with Crippen LogP contribution in [-0.4, -0.2) is 35.4 Å². The molecular weight excluding hydrogens is 483 g/mol. The van der Waals surface area contributed by atoms with Crippen molar-refractivity contribution in [3.63, 3.8) is 0 Å². The summed E-state index contributed by atoms with van der Waals surface area (Å²) in [6.07, 6.45) is 2.04. The first-order valence-corrected chi connectivity index (χ1v) is 12.3. The second-order valence-electron chi connectivity index (χ2n) is 7.91. The average Bonchev–Trinajstić information content (AvgIpc) is 2.78. The highest BCUT2D eigenvalue weighted by Crippen LogP contribution is 2.24. The molecule has 2 atom stereocenters. The van der Waals surface area contributed by atoms with E-state index in [0.29, 0.717) is 40.3 Å². The maximum Gasteiger partial charge on any atom is 0.243 e. The van der Waals surface area contributed by atoms with Gasteiger partial charge in [-0.05, 0) is 68.1 Å². The van der Waals surface area contributed by atoms with Crippen molar-refractivity contribution in [1.82, 2.24) is 10.2 Å². The van der Waals surface area contributed by atoms with Gasteiger partial charge in [-0.1, -0.05) is 54.7 Å². The first-order valence-electron chi connectivity index (χ1n) is 11.2. The molecule has 8 heteroatoms. The van der Waals surface area contributed by atoms with Gasteiger partial charge in [-0.15, -0.1) is 0 Å². The molecule has 0 bridgehead atoms. The molecule has 0 aliphatic heterocycles. The normalized spacial score (nSPS) is 12.7. The number of hydrogen-bond donors (Lipinski definition) is 1. The minimum atomic E-state index is -0.601. The second-order valence-corrected chi connectivity index (χ2v) is 9.19. The highest BCUT2D eigenvalue weighted by atomic mass is 35.5. The van der Waals surface area contributed by atoms with Gasteiger partial charge in [-0.3, -0.25) is 9.59 Å². The maximum atomic E-state index is 13.2. The SMILES string of the molecule is CC[C@@H](C)NC(=O)[C@H](CC)N(Cc1ccc(Cl)cc1Cl)C(=O)CCCOc1ccc(Cl)cc1. The monoisotopic (exact) mass is 512 g/mol. The summed E-state index contributed by atoms with van der Waals surface area (Å²) in [6, 6.07) is 11.6. The molecule has 2 aromatic carbocycles. The Balaban J connectivity index is 2.10. The fourth-order valence-electron chi connectivity index (χ4n) is 3.28. The highest BCUT2D eigenvalue weighted by molar-refractivity contribution is 6.35. The summed E-state index contributed by atoms with van der Waals surface area (Å²) in [5.41, 5.74) is 0.738. The summed E-state index contributed by atoms with van der Waals surface area (Å²) < 4.78 is 5.70. The molecule has 5 nitrogen and oxygen atoms in total. The van der Waals surface area contributed by atoms with Gasteiger partial charge in [0.1, 0.15) is 11.8 Å². The van der Waals surface area contributed by atoms with Gasteiger partial charge < -0.3 is 15.0 Å². The molecule has 0 radical (unpaired) electrons. The fourth-order valence-corrected chi connectivity index (χ4v) is 3.88. The van der Waals surface area contributed by atoms with Crippen molar-refractivity contribution in [3.05, 3.63) is 63.1 Å². The predicted molar refractivity (Wildman–Crippen MR) is 135 cm³/mol. The fraction of sp³-hybridized carbons (Fsp3) is 0.440. The number of benzene rings is 2. The van der Waals surface area contributed by atoms with Gasteiger partial charge in [0.25, 0.3) is 0 Å². The van der Waals surface area contributed by atoms with Crippen LogP contribution in [-0.2, 0) is 16.1 Å². The molecule has 0 saturated heterocycles. The van der Waals surface area contributed by atoms with Crippen LogP contribution in [0.2, 0.25) is 15.1 Å². The molecular formula is C25H31Cl3N2O3. The summed E-state index contributed by atoms with van der Waals surface area (Å²) in [4.78, 5) is 27.8. The standard InChI is InChI=1S/C25H31Cl3N2O3/c1-4-17(3)29-25(32)23(5-2)30(16-18-8-9-20(27)15-22(18)28)24(31)7-6-14-33-21-12-10-19(26)11-13-21/h8-13,15,17,23H,4-7,14,16H2,1-3H3,(H,29,32)/t17-,23+/m1/s1. The number of rotatable bonds is 12. The molecule has 0 heterocycles. The van der Waals surface area contributed by atoms with Crippen LogP contribution in [0.4, 0.5) is 0 Å². The van der Waals surface area contributed by atoms with E-state index in [2.05, 4.69) is 5.32 Å². The quantitative estimate of drug-likeness (QED) is 0.328. The van der Waals surface area contributed by atoms with Gasteiger partial charge in [0.15, 0.2) is 0 Å². The minimum absolute atomic E-state index is 0.0235. The number of amides is 2. The Hall–Kier alpha value is -1.95. The van der Waals surface area contributed by atoms with E-state index in [1.54, 1.807) is 47.4 Å². The predicted octanol–water partition coefficient (Wildman–Crippen LogP) is 6.53. The number of nitrogens with one attached hydrogen (secondary N) is 1. The Morgan fingerprint density at radius 1 is 1.00 bits per heavy atom. The Bertz CT molecular complexity index is 922. The van der Waals surface area contributed by atoms with Crippen LogP contribution in [0.1, 0.15) is 52.0 Å². The van der Waals surface area contributed by atoms with Crippen molar-refractivity contribution in [2.75, 3.05) is 6.61 Å². The Morgan fingerprint density at radius 2 is 1.67 bits per heavy atom. The van der Waals surface area contributed by atoms with Gasteiger partial charge in [0.2, 0.25) is 11.8 Å². The van der Waals surface area contributed by atoms with Gasteiger partial charge >= 0.3 is 0 Å². The zero-order chi connectivity index (χ0) is 24.4. The lowest BCUT2D eigenvalue weighted by Crippen LogP contribution is -2.50. The topological polar surface area (TPSA) is 58.6 Å². The van der Waals surface area contributed by atoms with Crippen LogP contribution in [0.15, 0.2) is 42.5 Å². The van der Waals surface area contributed by atoms with Crippen molar-refractivity contribution in [2.24, 2.45) is 0 Å². The summed E-state index contributed by atoms with van der Waals surface area (Å²) in [7, 11) is 0. The summed E-state index contributed by atoms with van der Waals surface area (Å²) in [5, 5.41) is 4.61. The van der Waals surface area contributed by atoms with Crippen LogP contribution in [0.5, 0.6) is 5.75 Å². The first-order chi connectivity index (χ1) is 15.7. The lowest BCUT2D eigenvalue weighted by molar-refractivity contribution is -0.141. The molecule has 0 unspecified atom stereocenters. The molecule has 0 spiro atoms. The molecule has 0 aliphatic carbocycles. The Labute approximate surface area is 211 Å². The summed E-state index contributed by atoms with van der Waals surface area (Å²) in [5.74, 6) is 0.394. The third-order valence-corrected chi connectivity index (χ3v) is 6.20. The molecule has 2 aromatic rings. The van der Waals surface area contributed by atoms with Crippen molar-refractivity contribution >= 4 is 46.6 Å². The van der Waals surface area contributed by atoms with E-state index in [0.717, 1.165) is 12.0 Å². The van der Waals surface area contributed by atoms with Crippen molar-refractivity contribution in [3.8, 4) is 5.75 Å². The number of halogens is 3. The number of ether oxygens (including phenoxy) is 1. The van der Waals surface area contributed by atoms with Gasteiger partial charge in [0.05, 0.1) is 6.61 Å². The van der Waals surface area contributed by atoms with Crippen molar-refractivity contribution in [1.29, 1.82) is 0 Å². The number of hydrogen-bond acceptors (Lipinski definition) is 3. The number of carbonyl (C=O) groups is 2. The average molecular weight is 514 g/mol. The molecule has 33 heavy (non-hydrogen) atoms. The largest absolute Gasteiger partial charge is 0.494 e. The van der Waals surface area contributed by atoms with E-state index in [4.69, 9.17) is 39.5 Å². The van der Waals surface area contributed by atoms with E-state index in [1.165, 1.54) is 0 Å². The Kier molecular flexibility index (Phi) is 11.3. The lowest BCUT2D eigenvalue weighted by Gasteiger charge is -2.32. The third kappa shape index (κ3) is 8.73. The van der Waals surface area contributed by atoms with Gasteiger partial charge in [0, 0.05) is 34.1 Å². The number of carbonyl (C=O) groups excluding carboxylic acids is 2. The third-order valence-electron chi connectivity index (χ3n) is 5.36. The molecule has 0 aromatic heterocycles. The van der Waals surface area contributed by atoms with Gasteiger partial charge in [-0.2, -0.15) is 0 Å². The molecule has 180 valence electrons. The zero-order valence-corrected chi connectivity index (χ0v) is 21.5. The maximum absolute atomic E-state index is 13.2. The number of nitrogens with zero attached hydrogens (tertiary/aromatic N) is 1. The molecule has 0 aliphatic rings. The van der Waals surface area contributed by atoms with E-state index in [9.17, 15) is 9.59 Å². The first kappa shape index (κ1) is 27.3. The van der Waals surface area contributed by atoms with E-state index >= 15 is 0 Å². The van der Waals surface area contributed by atoms with Gasteiger partial charge in [-0.25, -0.2) is 0 Å².